The molecule has 1 aliphatic carbocycles. The van der Waals surface area contributed by atoms with Gasteiger partial charge in [-0.3, -0.25) is 9.78 Å². The number of aromatic nitrogens is 3. The highest BCUT2D eigenvalue weighted by atomic mass is 16.5. The van der Waals surface area contributed by atoms with Gasteiger partial charge in [0, 0.05) is 42.7 Å². The number of fused-ring (bicyclic) bond motifs is 1. The first kappa shape index (κ1) is 23.7. The predicted molar refractivity (Wildman–Crippen MR) is 133 cm³/mol. The first-order valence-electron chi connectivity index (χ1n) is 12.0. The van der Waals surface area contributed by atoms with Gasteiger partial charge in [-0.15, -0.1) is 0 Å². The van der Waals surface area contributed by atoms with Crippen LogP contribution < -0.4 is 10.6 Å². The van der Waals surface area contributed by atoms with E-state index < -0.39 is 5.97 Å². The van der Waals surface area contributed by atoms with Crippen LogP contribution in [0.1, 0.15) is 55.7 Å². The van der Waals surface area contributed by atoms with Gasteiger partial charge in [0.2, 0.25) is 5.91 Å². The summed E-state index contributed by atoms with van der Waals surface area (Å²) in [5.74, 6) is 0.00782. The first-order valence-corrected chi connectivity index (χ1v) is 12.0. The number of carbonyl (C=O) groups is 2. The Morgan fingerprint density at radius 3 is 2.71 bits per heavy atom. The minimum absolute atomic E-state index is 0.0160. The number of esters is 1. The van der Waals surface area contributed by atoms with E-state index in [2.05, 4.69) is 29.5 Å². The maximum atomic E-state index is 12.9. The number of carbonyl (C=O) groups excluding carboxylic acids is 2. The van der Waals surface area contributed by atoms with E-state index >= 15 is 0 Å². The second kappa shape index (κ2) is 10.7. The van der Waals surface area contributed by atoms with Gasteiger partial charge in [0.1, 0.15) is 5.65 Å². The summed E-state index contributed by atoms with van der Waals surface area (Å²) >= 11 is 0. The number of rotatable bonds is 10. The Morgan fingerprint density at radius 1 is 1.24 bits per heavy atom. The SMILES string of the molecule is COC(=O)c1c(NC(=O)C2CCC2)c2cc(NCCC(C)C)cnc2n1CCc1ccccn1. The second-order valence-corrected chi connectivity index (χ2v) is 9.26. The van der Waals surface area contributed by atoms with Crippen LogP contribution in [0.5, 0.6) is 0 Å². The molecule has 4 rings (SSSR count). The smallest absolute Gasteiger partial charge is 0.356 e. The third kappa shape index (κ3) is 5.21. The molecule has 3 aromatic rings. The standard InChI is InChI=1S/C26H33N5O3/c1-17(2)10-13-28-20-15-21-22(30-25(32)18-7-6-8-18)23(26(33)34-3)31(24(21)29-16-20)14-11-19-9-4-5-12-27-19/h4-5,9,12,15-18,28H,6-8,10-11,13-14H2,1-3H3,(H,30,32). The molecular weight excluding hydrogens is 430 g/mol. The van der Waals surface area contributed by atoms with Gasteiger partial charge in [-0.25, -0.2) is 9.78 Å². The summed E-state index contributed by atoms with van der Waals surface area (Å²) in [7, 11) is 1.35. The van der Waals surface area contributed by atoms with Crippen LogP contribution in [-0.2, 0) is 22.5 Å². The number of anilines is 2. The third-order valence-electron chi connectivity index (χ3n) is 6.37. The molecule has 8 heteroatoms. The Morgan fingerprint density at radius 2 is 2.06 bits per heavy atom. The fourth-order valence-electron chi connectivity index (χ4n) is 4.15. The maximum Gasteiger partial charge on any atom is 0.356 e. The lowest BCUT2D eigenvalue weighted by molar-refractivity contribution is -0.122. The number of hydrogen-bond donors (Lipinski definition) is 2. The largest absolute Gasteiger partial charge is 0.464 e. The summed E-state index contributed by atoms with van der Waals surface area (Å²) in [4.78, 5) is 34.9. The van der Waals surface area contributed by atoms with Crippen LogP contribution in [-0.4, -0.2) is 40.1 Å². The van der Waals surface area contributed by atoms with E-state index in [0.29, 0.717) is 35.9 Å². The zero-order valence-electron chi connectivity index (χ0n) is 20.1. The number of aryl methyl sites for hydroxylation is 2. The summed E-state index contributed by atoms with van der Waals surface area (Å²) in [6, 6.07) is 7.72. The molecule has 34 heavy (non-hydrogen) atoms. The molecule has 1 aliphatic rings. The van der Waals surface area contributed by atoms with Crippen molar-refractivity contribution >= 4 is 34.3 Å². The molecule has 3 heterocycles. The van der Waals surface area contributed by atoms with Gasteiger partial charge in [0.15, 0.2) is 5.69 Å². The highest BCUT2D eigenvalue weighted by molar-refractivity contribution is 6.11. The van der Waals surface area contributed by atoms with Gasteiger partial charge < -0.3 is 19.9 Å². The Labute approximate surface area is 200 Å². The zero-order chi connectivity index (χ0) is 24.1. The molecule has 0 aliphatic heterocycles. The summed E-state index contributed by atoms with van der Waals surface area (Å²) < 4.78 is 6.97. The molecule has 2 N–H and O–H groups in total. The normalized spacial score (nSPS) is 13.6. The predicted octanol–water partition coefficient (Wildman–Crippen LogP) is 4.66. The summed E-state index contributed by atoms with van der Waals surface area (Å²) in [5, 5.41) is 7.19. The van der Waals surface area contributed by atoms with E-state index in [0.717, 1.165) is 49.0 Å². The summed E-state index contributed by atoms with van der Waals surface area (Å²) in [5.41, 5.74) is 3.18. The van der Waals surface area contributed by atoms with Gasteiger partial charge in [-0.1, -0.05) is 26.3 Å². The molecule has 180 valence electrons. The topological polar surface area (TPSA) is 98.1 Å². The quantitative estimate of drug-likeness (QED) is 0.425. The van der Waals surface area contributed by atoms with E-state index in [1.54, 1.807) is 12.4 Å². The molecule has 1 amide bonds. The average Bonchev–Trinajstić information content (AvgIpc) is 3.09. The molecule has 0 unspecified atom stereocenters. The molecule has 0 saturated heterocycles. The van der Waals surface area contributed by atoms with Gasteiger partial charge >= 0.3 is 5.97 Å². The minimum atomic E-state index is -0.503. The number of ether oxygens (including phenoxy) is 1. The lowest BCUT2D eigenvalue weighted by Crippen LogP contribution is -2.29. The fraction of sp³-hybridized carbons (Fsp3) is 0.462. The molecule has 0 spiro atoms. The van der Waals surface area contributed by atoms with E-state index in [1.807, 2.05) is 28.8 Å². The van der Waals surface area contributed by atoms with Crippen LogP contribution in [0.2, 0.25) is 0 Å². The van der Waals surface area contributed by atoms with Crippen LogP contribution in [0.4, 0.5) is 11.4 Å². The van der Waals surface area contributed by atoms with Crippen molar-refractivity contribution in [3.05, 3.63) is 48.0 Å². The van der Waals surface area contributed by atoms with Crippen molar-refractivity contribution in [1.29, 1.82) is 0 Å². The number of pyridine rings is 2. The molecule has 0 radical (unpaired) electrons. The molecule has 0 atom stereocenters. The Hall–Kier alpha value is -3.42. The van der Waals surface area contributed by atoms with E-state index in [-0.39, 0.29) is 11.8 Å². The number of nitrogens with zero attached hydrogens (tertiary/aromatic N) is 3. The van der Waals surface area contributed by atoms with Crippen LogP contribution in [0.15, 0.2) is 36.7 Å². The van der Waals surface area contributed by atoms with Crippen molar-refractivity contribution in [2.24, 2.45) is 11.8 Å². The highest BCUT2D eigenvalue weighted by Crippen LogP contribution is 2.35. The van der Waals surface area contributed by atoms with Crippen molar-refractivity contribution in [1.82, 2.24) is 14.5 Å². The molecule has 1 fully saturated rings. The van der Waals surface area contributed by atoms with Crippen LogP contribution in [0.3, 0.4) is 0 Å². The van der Waals surface area contributed by atoms with Gasteiger partial charge in [0.25, 0.3) is 0 Å². The molecule has 0 aromatic carbocycles. The van der Waals surface area contributed by atoms with Crippen molar-refractivity contribution in [2.75, 3.05) is 24.3 Å². The van der Waals surface area contributed by atoms with E-state index in [4.69, 9.17) is 9.72 Å². The van der Waals surface area contributed by atoms with Gasteiger partial charge in [0.05, 0.1) is 24.7 Å². The Bertz CT molecular complexity index is 1150. The van der Waals surface area contributed by atoms with Crippen molar-refractivity contribution in [3.8, 4) is 0 Å². The van der Waals surface area contributed by atoms with Crippen LogP contribution in [0.25, 0.3) is 11.0 Å². The molecule has 1 saturated carbocycles. The Balaban J connectivity index is 1.75. The number of nitrogens with one attached hydrogen (secondary N) is 2. The monoisotopic (exact) mass is 463 g/mol. The molecule has 3 aromatic heterocycles. The van der Waals surface area contributed by atoms with Crippen LogP contribution in [0, 0.1) is 11.8 Å². The number of amides is 1. The first-order chi connectivity index (χ1) is 16.5. The van der Waals surface area contributed by atoms with Gasteiger partial charge in [-0.05, 0) is 43.4 Å². The van der Waals surface area contributed by atoms with Crippen molar-refractivity contribution in [3.63, 3.8) is 0 Å². The lowest BCUT2D eigenvalue weighted by atomic mass is 9.85. The van der Waals surface area contributed by atoms with Crippen molar-refractivity contribution in [2.45, 2.75) is 52.5 Å². The maximum absolute atomic E-state index is 12.9. The number of hydrogen-bond acceptors (Lipinski definition) is 6. The average molecular weight is 464 g/mol. The number of methoxy groups -OCH3 is 1. The van der Waals surface area contributed by atoms with E-state index in [9.17, 15) is 9.59 Å². The highest BCUT2D eigenvalue weighted by Gasteiger charge is 2.30. The molecule has 8 nitrogen and oxygen atoms in total. The van der Waals surface area contributed by atoms with Crippen LogP contribution >= 0.6 is 0 Å². The summed E-state index contributed by atoms with van der Waals surface area (Å²) in [6.45, 7) is 5.66. The zero-order valence-corrected chi connectivity index (χ0v) is 20.1. The minimum Gasteiger partial charge on any atom is -0.464 e. The fourth-order valence-corrected chi connectivity index (χ4v) is 4.15. The lowest BCUT2D eigenvalue weighted by Gasteiger charge is -2.24. The van der Waals surface area contributed by atoms with Crippen molar-refractivity contribution < 1.29 is 14.3 Å². The second-order valence-electron chi connectivity index (χ2n) is 9.26. The van der Waals surface area contributed by atoms with E-state index in [1.165, 1.54) is 7.11 Å². The van der Waals surface area contributed by atoms with Gasteiger partial charge in [-0.2, -0.15) is 0 Å². The molecular formula is C26H33N5O3. The summed E-state index contributed by atoms with van der Waals surface area (Å²) in [6.07, 6.45) is 7.97. The Kier molecular flexibility index (Phi) is 7.45. The third-order valence-corrected chi connectivity index (χ3v) is 6.37. The molecule has 0 bridgehead atoms.